The van der Waals surface area contributed by atoms with E-state index in [9.17, 15) is 14.4 Å². The molecule has 1 amide bonds. The van der Waals surface area contributed by atoms with E-state index in [1.165, 1.54) is 0 Å². The molecule has 1 aliphatic rings. The second-order valence-corrected chi connectivity index (χ2v) is 5.14. The number of nitrogens with zero attached hydrogens (tertiary/aromatic N) is 2. The summed E-state index contributed by atoms with van der Waals surface area (Å²) in [5.41, 5.74) is 0.609. The Morgan fingerprint density at radius 3 is 2.26 bits per heavy atom. The topological polar surface area (TPSA) is 72.5 Å². The van der Waals surface area contributed by atoms with E-state index >= 15 is 0 Å². The molecule has 2 rings (SSSR count). The van der Waals surface area contributed by atoms with Crippen molar-refractivity contribution in [2.75, 3.05) is 13.1 Å². The van der Waals surface area contributed by atoms with Crippen molar-refractivity contribution in [3.63, 3.8) is 0 Å². The normalized spacial score (nSPS) is 16.2. The number of carbonyl (C=O) groups is 2. The van der Waals surface area contributed by atoms with Crippen LogP contribution in [0.25, 0.3) is 0 Å². The number of likely N-dealkylation sites (tertiary alicyclic amines) is 1. The zero-order chi connectivity index (χ0) is 14.2. The van der Waals surface area contributed by atoms with Gasteiger partial charge in [0.15, 0.2) is 0 Å². The van der Waals surface area contributed by atoms with Gasteiger partial charge in [0.25, 0.3) is 0 Å². The first-order chi connectivity index (χ1) is 8.91. The summed E-state index contributed by atoms with van der Waals surface area (Å²) < 4.78 is 6.08. The first-order valence-corrected chi connectivity index (χ1v) is 6.45. The molecule has 2 heterocycles. The number of amides is 1. The third-order valence-electron chi connectivity index (χ3n) is 3.43. The van der Waals surface area contributed by atoms with Gasteiger partial charge in [-0.25, -0.2) is 9.59 Å². The van der Waals surface area contributed by atoms with Crippen LogP contribution in [-0.2, 0) is 4.79 Å². The number of rotatable bonds is 1. The molecule has 6 nitrogen and oxygen atoms in total. The van der Waals surface area contributed by atoms with Gasteiger partial charge in [0.1, 0.15) is 5.78 Å². The van der Waals surface area contributed by atoms with Crippen LogP contribution >= 0.6 is 0 Å². The third kappa shape index (κ3) is 2.47. The molecule has 1 fully saturated rings. The standard InChI is InChI=1S/C13H18N2O4/c1-8(2)11-9(3)15(19-12(11)17)13(18)14-6-4-10(16)5-7-14/h8H,4-7H2,1-3H3. The maximum atomic E-state index is 12.3. The van der Waals surface area contributed by atoms with Crippen LogP contribution in [0.2, 0.25) is 0 Å². The van der Waals surface area contributed by atoms with Crippen molar-refractivity contribution in [2.24, 2.45) is 0 Å². The molecule has 19 heavy (non-hydrogen) atoms. The van der Waals surface area contributed by atoms with E-state index in [4.69, 9.17) is 4.52 Å². The van der Waals surface area contributed by atoms with Crippen molar-refractivity contribution in [3.8, 4) is 0 Å². The van der Waals surface area contributed by atoms with Crippen LogP contribution < -0.4 is 5.63 Å². The molecule has 0 radical (unpaired) electrons. The molecule has 1 aromatic heterocycles. The van der Waals surface area contributed by atoms with Gasteiger partial charge < -0.3 is 9.42 Å². The quantitative estimate of drug-likeness (QED) is 0.772. The summed E-state index contributed by atoms with van der Waals surface area (Å²) in [6, 6.07) is -0.367. The Morgan fingerprint density at radius 2 is 1.79 bits per heavy atom. The van der Waals surface area contributed by atoms with Crippen LogP contribution in [0.15, 0.2) is 9.32 Å². The van der Waals surface area contributed by atoms with Crippen molar-refractivity contribution in [2.45, 2.75) is 39.5 Å². The van der Waals surface area contributed by atoms with Gasteiger partial charge in [-0.05, 0) is 12.8 Å². The lowest BCUT2D eigenvalue weighted by Crippen LogP contribution is -2.41. The number of hydrogen-bond acceptors (Lipinski definition) is 4. The molecule has 0 spiro atoms. The summed E-state index contributed by atoms with van der Waals surface area (Å²) in [5, 5.41) is 0. The molecular weight excluding hydrogens is 248 g/mol. The van der Waals surface area contributed by atoms with E-state index < -0.39 is 5.63 Å². The lowest BCUT2D eigenvalue weighted by Gasteiger charge is -2.25. The highest BCUT2D eigenvalue weighted by Gasteiger charge is 2.26. The highest BCUT2D eigenvalue weighted by Crippen LogP contribution is 2.17. The Hall–Kier alpha value is -1.85. The van der Waals surface area contributed by atoms with Gasteiger partial charge in [0, 0.05) is 25.9 Å². The van der Waals surface area contributed by atoms with E-state index in [2.05, 4.69) is 0 Å². The van der Waals surface area contributed by atoms with E-state index in [0.29, 0.717) is 37.2 Å². The van der Waals surface area contributed by atoms with Crippen molar-refractivity contribution >= 4 is 11.8 Å². The highest BCUT2D eigenvalue weighted by atomic mass is 16.5. The second-order valence-electron chi connectivity index (χ2n) is 5.14. The molecule has 104 valence electrons. The molecule has 1 aromatic rings. The Labute approximate surface area is 110 Å². The van der Waals surface area contributed by atoms with Crippen LogP contribution in [-0.4, -0.2) is 34.5 Å². The number of carbonyl (C=O) groups excluding carboxylic acids is 2. The number of ketones is 1. The van der Waals surface area contributed by atoms with Crippen LogP contribution in [0.4, 0.5) is 4.79 Å². The zero-order valence-electron chi connectivity index (χ0n) is 11.4. The maximum Gasteiger partial charge on any atom is 0.361 e. The van der Waals surface area contributed by atoms with Gasteiger partial charge in [0.2, 0.25) is 0 Å². The first kappa shape index (κ1) is 13.6. The summed E-state index contributed by atoms with van der Waals surface area (Å²) >= 11 is 0. The fraction of sp³-hybridized carbons (Fsp3) is 0.615. The Morgan fingerprint density at radius 1 is 1.21 bits per heavy atom. The van der Waals surface area contributed by atoms with Crippen molar-refractivity contribution < 1.29 is 14.1 Å². The van der Waals surface area contributed by atoms with Crippen LogP contribution in [0.3, 0.4) is 0 Å². The molecule has 6 heteroatoms. The SMILES string of the molecule is Cc1c(C(C)C)c(=O)on1C(=O)N1CCC(=O)CC1. The number of aromatic nitrogens is 1. The molecule has 0 atom stereocenters. The minimum Gasteiger partial charge on any atom is -0.327 e. The summed E-state index contributed by atoms with van der Waals surface area (Å²) in [7, 11) is 0. The lowest BCUT2D eigenvalue weighted by molar-refractivity contribution is -0.120. The maximum absolute atomic E-state index is 12.3. The molecule has 1 aliphatic heterocycles. The van der Waals surface area contributed by atoms with Crippen LogP contribution in [0.5, 0.6) is 0 Å². The van der Waals surface area contributed by atoms with E-state index in [0.717, 1.165) is 4.74 Å². The lowest BCUT2D eigenvalue weighted by atomic mass is 10.1. The van der Waals surface area contributed by atoms with Gasteiger partial charge in [-0.3, -0.25) is 4.79 Å². The van der Waals surface area contributed by atoms with Crippen molar-refractivity contribution in [1.82, 2.24) is 9.64 Å². The van der Waals surface area contributed by atoms with Crippen LogP contribution in [0, 0.1) is 6.92 Å². The molecule has 0 saturated carbocycles. The van der Waals surface area contributed by atoms with Gasteiger partial charge >= 0.3 is 11.7 Å². The van der Waals surface area contributed by atoms with Gasteiger partial charge in [-0.2, -0.15) is 0 Å². The van der Waals surface area contributed by atoms with Crippen LogP contribution in [0.1, 0.15) is 43.9 Å². The summed E-state index contributed by atoms with van der Waals surface area (Å²) in [4.78, 5) is 36.7. The minimum atomic E-state index is -0.464. The van der Waals surface area contributed by atoms with Crippen molar-refractivity contribution in [3.05, 3.63) is 21.7 Å². The molecule has 0 bridgehead atoms. The summed E-state index contributed by atoms with van der Waals surface area (Å²) in [6.45, 7) is 6.24. The predicted octanol–water partition coefficient (Wildman–Crippen LogP) is 1.51. The highest BCUT2D eigenvalue weighted by molar-refractivity contribution is 5.83. The van der Waals surface area contributed by atoms with Crippen molar-refractivity contribution in [1.29, 1.82) is 0 Å². The summed E-state index contributed by atoms with van der Waals surface area (Å²) in [5.74, 6) is 0.172. The molecule has 0 N–H and O–H groups in total. The van der Waals surface area contributed by atoms with Gasteiger partial charge in [0.05, 0.1) is 11.3 Å². The first-order valence-electron chi connectivity index (χ1n) is 6.45. The second kappa shape index (κ2) is 5.03. The third-order valence-corrected chi connectivity index (χ3v) is 3.43. The number of hydrogen-bond donors (Lipinski definition) is 0. The molecule has 0 unspecified atom stereocenters. The Kier molecular flexibility index (Phi) is 3.59. The van der Waals surface area contributed by atoms with E-state index in [1.54, 1.807) is 11.8 Å². The molecule has 0 aliphatic carbocycles. The monoisotopic (exact) mass is 266 g/mol. The Balaban J connectivity index is 2.27. The largest absolute Gasteiger partial charge is 0.361 e. The Bertz CT molecular complexity index is 558. The van der Waals surface area contributed by atoms with E-state index in [-0.39, 0.29) is 17.7 Å². The fourth-order valence-electron chi connectivity index (χ4n) is 2.37. The number of Topliss-reactive ketones (excluding diaryl/α,β-unsaturated/α-hetero) is 1. The molecular formula is C13H18N2O4. The smallest absolute Gasteiger partial charge is 0.327 e. The zero-order valence-corrected chi connectivity index (χ0v) is 11.4. The fourth-order valence-corrected chi connectivity index (χ4v) is 2.37. The summed E-state index contributed by atoms with van der Waals surface area (Å²) in [6.07, 6.45) is 0.737. The minimum absolute atomic E-state index is 0.00762. The van der Waals surface area contributed by atoms with Gasteiger partial charge in [-0.15, -0.1) is 4.74 Å². The predicted molar refractivity (Wildman–Crippen MR) is 68.4 cm³/mol. The van der Waals surface area contributed by atoms with Gasteiger partial charge in [-0.1, -0.05) is 13.8 Å². The number of piperidine rings is 1. The average molecular weight is 266 g/mol. The van der Waals surface area contributed by atoms with E-state index in [1.807, 2.05) is 13.8 Å². The molecule has 0 aromatic carbocycles. The average Bonchev–Trinajstić information content (AvgIpc) is 2.65. The molecule has 1 saturated heterocycles.